The lowest BCUT2D eigenvalue weighted by Crippen LogP contribution is -2.25. The van der Waals surface area contributed by atoms with Crippen LogP contribution in [0.25, 0.3) is 0 Å². The molecular formula is C7H17NS. The number of hydrogen-bond donors (Lipinski definition) is 0. The number of rotatable bonds is 4. The summed E-state index contributed by atoms with van der Waals surface area (Å²) in [6.07, 6.45) is 0. The van der Waals surface area contributed by atoms with Crippen LogP contribution in [0.3, 0.4) is 0 Å². The predicted molar refractivity (Wildman–Crippen MR) is 45.9 cm³/mol. The lowest BCUT2D eigenvalue weighted by Gasteiger charge is -2.19. The van der Waals surface area contributed by atoms with Gasteiger partial charge >= 0.3 is 0 Å². The van der Waals surface area contributed by atoms with Gasteiger partial charge in [-0.3, -0.25) is 4.90 Å². The fraction of sp³-hybridized carbons (Fsp3) is 1.00. The predicted octanol–water partition coefficient (Wildman–Crippen LogP) is 2.04. The summed E-state index contributed by atoms with van der Waals surface area (Å²) in [4.78, 5) is 2.34. The van der Waals surface area contributed by atoms with Crippen molar-refractivity contribution in [2.24, 2.45) is 0 Å². The Labute approximate surface area is 62.8 Å². The first-order valence-electron chi connectivity index (χ1n) is 3.46. The van der Waals surface area contributed by atoms with Crippen LogP contribution in [0.5, 0.6) is 0 Å². The molecule has 0 atom stereocenters. The first-order chi connectivity index (χ1) is 4.18. The van der Waals surface area contributed by atoms with Crippen LogP contribution in [0.2, 0.25) is 0 Å². The third kappa shape index (κ3) is 4.79. The normalized spacial score (nSPS) is 11.3. The third-order valence-corrected chi connectivity index (χ3v) is 2.38. The van der Waals surface area contributed by atoms with Gasteiger partial charge in [-0.2, -0.15) is 0 Å². The molecule has 0 radical (unpaired) electrons. The van der Waals surface area contributed by atoms with Gasteiger partial charge in [0.05, 0.1) is 0 Å². The van der Waals surface area contributed by atoms with E-state index in [1.165, 1.54) is 5.75 Å². The summed E-state index contributed by atoms with van der Waals surface area (Å²) in [6, 6.07) is 0.684. The van der Waals surface area contributed by atoms with E-state index in [-0.39, 0.29) is 0 Å². The molecule has 0 rings (SSSR count). The van der Waals surface area contributed by atoms with Crippen LogP contribution in [0, 0.1) is 0 Å². The van der Waals surface area contributed by atoms with Crippen molar-refractivity contribution < 1.29 is 0 Å². The molecule has 0 aromatic carbocycles. The van der Waals surface area contributed by atoms with Gasteiger partial charge in [-0.05, 0) is 26.6 Å². The zero-order valence-electron chi connectivity index (χ0n) is 6.85. The van der Waals surface area contributed by atoms with Gasteiger partial charge in [0.25, 0.3) is 0 Å². The number of nitrogens with zero attached hydrogens (tertiary/aromatic N) is 1. The van der Waals surface area contributed by atoms with E-state index in [4.69, 9.17) is 0 Å². The van der Waals surface area contributed by atoms with Gasteiger partial charge in [-0.25, -0.2) is 0 Å². The van der Waals surface area contributed by atoms with Crippen molar-refractivity contribution >= 4 is 11.8 Å². The molecule has 0 amide bonds. The zero-order valence-corrected chi connectivity index (χ0v) is 7.66. The fourth-order valence-electron chi connectivity index (χ4n) is 0.384. The second-order valence-corrected chi connectivity index (χ2v) is 3.72. The van der Waals surface area contributed by atoms with E-state index in [0.717, 1.165) is 5.88 Å². The zero-order chi connectivity index (χ0) is 7.28. The Hall–Kier alpha value is 0.310. The van der Waals surface area contributed by atoms with Crippen molar-refractivity contribution in [3.63, 3.8) is 0 Å². The van der Waals surface area contributed by atoms with Crippen LogP contribution >= 0.6 is 11.8 Å². The van der Waals surface area contributed by atoms with Gasteiger partial charge in [-0.15, -0.1) is 11.8 Å². The third-order valence-electron chi connectivity index (χ3n) is 1.38. The Morgan fingerprint density at radius 2 is 2.00 bits per heavy atom. The summed E-state index contributed by atoms with van der Waals surface area (Å²) in [6.45, 7) is 6.63. The summed E-state index contributed by atoms with van der Waals surface area (Å²) < 4.78 is 0. The highest BCUT2D eigenvalue weighted by Gasteiger charge is 1.99. The molecule has 0 aromatic heterocycles. The van der Waals surface area contributed by atoms with E-state index in [2.05, 4.69) is 32.7 Å². The Kier molecular flexibility index (Phi) is 5.30. The molecule has 2 heteroatoms. The van der Waals surface area contributed by atoms with Crippen molar-refractivity contribution in [2.75, 3.05) is 18.7 Å². The maximum Gasteiger partial charge on any atom is 0.0443 e. The largest absolute Gasteiger partial charge is 0.295 e. The van der Waals surface area contributed by atoms with Crippen molar-refractivity contribution in [3.05, 3.63) is 0 Å². The standard InChI is InChI=1S/C7H17NS/c1-5-9-6-8(4)7(2)3/h7H,5-6H2,1-4H3. The van der Waals surface area contributed by atoms with E-state index in [9.17, 15) is 0 Å². The van der Waals surface area contributed by atoms with Crippen LogP contribution in [0.1, 0.15) is 20.8 Å². The summed E-state index contributed by atoms with van der Waals surface area (Å²) >= 11 is 1.97. The highest BCUT2D eigenvalue weighted by atomic mass is 32.2. The second kappa shape index (κ2) is 5.12. The SMILES string of the molecule is CCSCN(C)C(C)C. The average molecular weight is 147 g/mol. The van der Waals surface area contributed by atoms with E-state index < -0.39 is 0 Å². The molecule has 0 spiro atoms. The molecule has 0 unspecified atom stereocenters. The number of hydrogen-bond acceptors (Lipinski definition) is 2. The van der Waals surface area contributed by atoms with Crippen molar-refractivity contribution in [3.8, 4) is 0 Å². The van der Waals surface area contributed by atoms with Gasteiger partial charge < -0.3 is 0 Å². The molecule has 56 valence electrons. The van der Waals surface area contributed by atoms with Crippen molar-refractivity contribution in [2.45, 2.75) is 26.8 Å². The molecule has 0 aliphatic heterocycles. The van der Waals surface area contributed by atoms with Crippen molar-refractivity contribution in [1.29, 1.82) is 0 Å². The molecule has 9 heavy (non-hydrogen) atoms. The van der Waals surface area contributed by atoms with Crippen LogP contribution < -0.4 is 0 Å². The first-order valence-corrected chi connectivity index (χ1v) is 4.62. The van der Waals surface area contributed by atoms with Gasteiger partial charge in [0, 0.05) is 11.9 Å². The molecule has 0 aliphatic rings. The Balaban J connectivity index is 3.16. The maximum absolute atomic E-state index is 2.34. The Morgan fingerprint density at radius 1 is 1.44 bits per heavy atom. The molecular weight excluding hydrogens is 130 g/mol. The van der Waals surface area contributed by atoms with E-state index >= 15 is 0 Å². The minimum Gasteiger partial charge on any atom is -0.295 e. The Morgan fingerprint density at radius 3 is 2.33 bits per heavy atom. The molecule has 0 N–H and O–H groups in total. The molecule has 0 saturated carbocycles. The molecule has 0 saturated heterocycles. The van der Waals surface area contributed by atoms with Gasteiger partial charge in [0.15, 0.2) is 0 Å². The maximum atomic E-state index is 2.34. The first kappa shape index (κ1) is 9.31. The average Bonchev–Trinajstić information content (AvgIpc) is 1.82. The van der Waals surface area contributed by atoms with Gasteiger partial charge in [-0.1, -0.05) is 6.92 Å². The molecule has 0 heterocycles. The van der Waals surface area contributed by atoms with Crippen molar-refractivity contribution in [1.82, 2.24) is 4.90 Å². The van der Waals surface area contributed by atoms with Crippen LogP contribution in [-0.4, -0.2) is 29.6 Å². The van der Waals surface area contributed by atoms with E-state index in [1.807, 2.05) is 11.8 Å². The summed E-state index contributed by atoms with van der Waals surface area (Å²) in [7, 11) is 2.16. The smallest absolute Gasteiger partial charge is 0.0443 e. The monoisotopic (exact) mass is 147 g/mol. The Bertz CT molecular complexity index is 63.9. The second-order valence-electron chi connectivity index (χ2n) is 2.47. The quantitative estimate of drug-likeness (QED) is 0.560. The molecule has 1 nitrogen and oxygen atoms in total. The highest BCUT2D eigenvalue weighted by Crippen LogP contribution is 2.03. The highest BCUT2D eigenvalue weighted by molar-refractivity contribution is 7.99. The molecule has 0 aromatic rings. The molecule has 0 fully saturated rings. The topological polar surface area (TPSA) is 3.24 Å². The fourth-order valence-corrected chi connectivity index (χ4v) is 1.15. The lowest BCUT2D eigenvalue weighted by molar-refractivity contribution is 0.322. The van der Waals surface area contributed by atoms with Crippen LogP contribution in [0.15, 0.2) is 0 Å². The lowest BCUT2D eigenvalue weighted by atomic mass is 10.4. The number of thioether (sulfide) groups is 1. The summed E-state index contributed by atoms with van der Waals surface area (Å²) in [5.41, 5.74) is 0. The minimum atomic E-state index is 0.684. The summed E-state index contributed by atoms with van der Waals surface area (Å²) in [5, 5.41) is 0. The van der Waals surface area contributed by atoms with Crippen LogP contribution in [-0.2, 0) is 0 Å². The van der Waals surface area contributed by atoms with Gasteiger partial charge in [0.2, 0.25) is 0 Å². The summed E-state index contributed by atoms with van der Waals surface area (Å²) in [5.74, 6) is 2.38. The van der Waals surface area contributed by atoms with E-state index in [1.54, 1.807) is 0 Å². The molecule has 0 aliphatic carbocycles. The van der Waals surface area contributed by atoms with E-state index in [0.29, 0.717) is 6.04 Å². The van der Waals surface area contributed by atoms with Crippen LogP contribution in [0.4, 0.5) is 0 Å². The molecule has 0 bridgehead atoms. The van der Waals surface area contributed by atoms with Gasteiger partial charge in [0.1, 0.15) is 0 Å². The minimum absolute atomic E-state index is 0.684.